The molecule has 1 aromatic carbocycles. The van der Waals surface area contributed by atoms with Crippen molar-refractivity contribution in [3.63, 3.8) is 0 Å². The van der Waals surface area contributed by atoms with Gasteiger partial charge in [-0.1, -0.05) is 11.6 Å². The Hall–Kier alpha value is -1.17. The van der Waals surface area contributed by atoms with Gasteiger partial charge in [0.25, 0.3) is 0 Å². The van der Waals surface area contributed by atoms with E-state index in [1.54, 1.807) is 24.4 Å². The average Bonchev–Trinajstić information content (AvgIpc) is 2.42. The van der Waals surface area contributed by atoms with Crippen LogP contribution in [0, 0.1) is 5.82 Å². The Balaban J connectivity index is 2.38. The number of hydrogen-bond acceptors (Lipinski definition) is 3. The molecule has 0 amide bonds. The molecule has 0 aliphatic carbocycles. The summed E-state index contributed by atoms with van der Waals surface area (Å²) in [6, 6.07) is 8.06. The number of rotatable bonds is 5. The highest BCUT2D eigenvalue weighted by Gasteiger charge is 2.14. The van der Waals surface area contributed by atoms with Crippen LogP contribution in [0.1, 0.15) is 6.42 Å². The lowest BCUT2D eigenvalue weighted by Crippen LogP contribution is -2.22. The summed E-state index contributed by atoms with van der Waals surface area (Å²) < 4.78 is 13.8. The molecule has 0 saturated heterocycles. The maximum Gasteiger partial charge on any atom is 0.147 e. The number of pyridine rings is 1. The molecule has 0 saturated carbocycles. The van der Waals surface area contributed by atoms with E-state index < -0.39 is 0 Å². The Kier molecular flexibility index (Phi) is 5.34. The van der Waals surface area contributed by atoms with Crippen LogP contribution in [-0.4, -0.2) is 18.1 Å². The van der Waals surface area contributed by atoms with Crippen LogP contribution in [0.4, 0.5) is 15.9 Å². The van der Waals surface area contributed by atoms with E-state index in [0.717, 1.165) is 22.4 Å². The van der Waals surface area contributed by atoms with Crippen molar-refractivity contribution in [3.05, 3.63) is 51.8 Å². The fourth-order valence-corrected chi connectivity index (χ4v) is 2.69. The molecule has 0 aliphatic rings. The molecule has 0 unspecified atom stereocenters. The van der Waals surface area contributed by atoms with Crippen LogP contribution in [0.3, 0.4) is 0 Å². The Labute approximate surface area is 130 Å². The lowest BCUT2D eigenvalue weighted by Gasteiger charge is -2.24. The van der Waals surface area contributed by atoms with Crippen LogP contribution in [0.5, 0.6) is 0 Å². The van der Waals surface area contributed by atoms with E-state index in [9.17, 15) is 4.39 Å². The van der Waals surface area contributed by atoms with E-state index in [1.165, 1.54) is 12.1 Å². The third kappa shape index (κ3) is 3.69. The molecule has 2 N–H and O–H groups in total. The number of halogens is 3. The SMILES string of the molecule is NCCCN(c1ccc(F)cc1)c1ncc(Cl)cc1Br. The summed E-state index contributed by atoms with van der Waals surface area (Å²) in [6.07, 6.45) is 2.38. The zero-order valence-electron chi connectivity index (χ0n) is 10.7. The molecule has 20 heavy (non-hydrogen) atoms. The fourth-order valence-electron chi connectivity index (χ4n) is 1.83. The van der Waals surface area contributed by atoms with Crippen LogP contribution in [-0.2, 0) is 0 Å². The van der Waals surface area contributed by atoms with Gasteiger partial charge in [-0.05, 0) is 59.2 Å². The highest BCUT2D eigenvalue weighted by Crippen LogP contribution is 2.32. The zero-order valence-corrected chi connectivity index (χ0v) is 13.0. The third-order valence-electron chi connectivity index (χ3n) is 2.77. The molecular weight excluding hydrogens is 345 g/mol. The second kappa shape index (κ2) is 7.02. The van der Waals surface area contributed by atoms with E-state index in [1.807, 2.05) is 4.90 Å². The zero-order chi connectivity index (χ0) is 14.5. The highest BCUT2D eigenvalue weighted by molar-refractivity contribution is 9.10. The molecule has 6 heteroatoms. The van der Waals surface area contributed by atoms with E-state index in [2.05, 4.69) is 20.9 Å². The molecule has 3 nitrogen and oxygen atoms in total. The number of hydrogen-bond donors (Lipinski definition) is 1. The summed E-state index contributed by atoms with van der Waals surface area (Å²) in [5.41, 5.74) is 6.44. The first-order valence-corrected chi connectivity index (χ1v) is 7.33. The van der Waals surface area contributed by atoms with Crippen molar-refractivity contribution >= 4 is 39.0 Å². The number of anilines is 2. The number of aromatic nitrogens is 1. The quantitative estimate of drug-likeness (QED) is 0.874. The largest absolute Gasteiger partial charge is 0.330 e. The summed E-state index contributed by atoms with van der Waals surface area (Å²) in [5, 5.41) is 0.554. The van der Waals surface area contributed by atoms with Crippen molar-refractivity contribution in [3.8, 4) is 0 Å². The average molecular weight is 359 g/mol. The minimum atomic E-state index is -0.268. The Morgan fingerprint density at radius 3 is 2.60 bits per heavy atom. The van der Waals surface area contributed by atoms with Crippen molar-refractivity contribution in [1.29, 1.82) is 0 Å². The van der Waals surface area contributed by atoms with E-state index >= 15 is 0 Å². The smallest absolute Gasteiger partial charge is 0.147 e. The van der Waals surface area contributed by atoms with Crippen LogP contribution in [0.15, 0.2) is 41.0 Å². The predicted molar refractivity (Wildman–Crippen MR) is 84.0 cm³/mol. The van der Waals surface area contributed by atoms with Gasteiger partial charge in [-0.2, -0.15) is 0 Å². The van der Waals surface area contributed by atoms with Crippen molar-refractivity contribution in [1.82, 2.24) is 4.98 Å². The van der Waals surface area contributed by atoms with E-state index in [4.69, 9.17) is 17.3 Å². The molecule has 0 spiro atoms. The lowest BCUT2D eigenvalue weighted by molar-refractivity contribution is 0.627. The minimum absolute atomic E-state index is 0.268. The third-order valence-corrected chi connectivity index (χ3v) is 3.56. The van der Waals surface area contributed by atoms with Gasteiger partial charge in [-0.15, -0.1) is 0 Å². The van der Waals surface area contributed by atoms with Crippen molar-refractivity contribution < 1.29 is 4.39 Å². The summed E-state index contributed by atoms with van der Waals surface area (Å²) in [6.45, 7) is 1.26. The molecule has 1 aromatic heterocycles. The topological polar surface area (TPSA) is 42.1 Å². The Morgan fingerprint density at radius 2 is 2.00 bits per heavy atom. The van der Waals surface area contributed by atoms with Crippen LogP contribution in [0.2, 0.25) is 5.02 Å². The minimum Gasteiger partial charge on any atom is -0.330 e. The monoisotopic (exact) mass is 357 g/mol. The molecule has 2 aromatic rings. The maximum absolute atomic E-state index is 13.1. The van der Waals surface area contributed by atoms with Crippen molar-refractivity contribution in [2.75, 3.05) is 18.0 Å². The second-order valence-electron chi connectivity index (χ2n) is 4.23. The van der Waals surface area contributed by atoms with Crippen LogP contribution >= 0.6 is 27.5 Å². The van der Waals surface area contributed by atoms with Gasteiger partial charge in [-0.25, -0.2) is 9.37 Å². The summed E-state index contributed by atoms with van der Waals surface area (Å²) in [7, 11) is 0. The normalized spacial score (nSPS) is 10.6. The molecule has 0 atom stereocenters. The molecule has 0 bridgehead atoms. The molecule has 0 fully saturated rings. The van der Waals surface area contributed by atoms with Gasteiger partial charge in [-0.3, -0.25) is 0 Å². The maximum atomic E-state index is 13.1. The van der Waals surface area contributed by atoms with E-state index in [-0.39, 0.29) is 5.82 Å². The first kappa shape index (κ1) is 15.2. The molecule has 0 radical (unpaired) electrons. The van der Waals surface area contributed by atoms with Gasteiger partial charge in [0.2, 0.25) is 0 Å². The summed E-state index contributed by atoms with van der Waals surface area (Å²) in [4.78, 5) is 6.32. The lowest BCUT2D eigenvalue weighted by atomic mass is 10.2. The summed E-state index contributed by atoms with van der Waals surface area (Å²) >= 11 is 9.37. The molecule has 106 valence electrons. The van der Waals surface area contributed by atoms with Crippen LogP contribution < -0.4 is 10.6 Å². The standard InChI is InChI=1S/C14H14BrClFN3/c15-13-8-10(16)9-19-14(13)20(7-1-6-18)12-4-2-11(17)3-5-12/h2-5,8-9H,1,6-7,18H2. The van der Waals surface area contributed by atoms with Crippen molar-refractivity contribution in [2.45, 2.75) is 6.42 Å². The summed E-state index contributed by atoms with van der Waals surface area (Å²) in [5.74, 6) is 0.463. The number of nitrogens with two attached hydrogens (primary N) is 1. The van der Waals surface area contributed by atoms with Gasteiger partial charge < -0.3 is 10.6 Å². The van der Waals surface area contributed by atoms with Gasteiger partial charge in [0, 0.05) is 18.4 Å². The first-order chi connectivity index (χ1) is 9.61. The van der Waals surface area contributed by atoms with Crippen LogP contribution in [0.25, 0.3) is 0 Å². The van der Waals surface area contributed by atoms with Crippen molar-refractivity contribution in [2.24, 2.45) is 5.73 Å². The van der Waals surface area contributed by atoms with Gasteiger partial charge >= 0.3 is 0 Å². The number of nitrogens with zero attached hydrogens (tertiary/aromatic N) is 2. The van der Waals surface area contributed by atoms with E-state index in [0.29, 0.717) is 18.1 Å². The molecule has 2 rings (SSSR count). The molecule has 1 heterocycles. The highest BCUT2D eigenvalue weighted by atomic mass is 79.9. The molecule has 0 aliphatic heterocycles. The van der Waals surface area contributed by atoms with Gasteiger partial charge in [0.05, 0.1) is 9.50 Å². The molecular formula is C14H14BrClFN3. The fraction of sp³-hybridized carbons (Fsp3) is 0.214. The second-order valence-corrected chi connectivity index (χ2v) is 5.52. The predicted octanol–water partition coefficient (Wildman–Crippen LogP) is 4.12. The Bertz CT molecular complexity index is 577. The first-order valence-electron chi connectivity index (χ1n) is 6.16. The van der Waals surface area contributed by atoms with Gasteiger partial charge in [0.1, 0.15) is 11.6 Å². The Morgan fingerprint density at radius 1 is 1.30 bits per heavy atom. The number of benzene rings is 1. The van der Waals surface area contributed by atoms with Gasteiger partial charge in [0.15, 0.2) is 0 Å².